The molecule has 0 aliphatic heterocycles. The number of carbonyl (C=O) groups is 1. The monoisotopic (exact) mass is 516 g/mol. The van der Waals surface area contributed by atoms with Gasteiger partial charge in [0.15, 0.2) is 0 Å². The lowest BCUT2D eigenvalue weighted by Gasteiger charge is -2.11. The molecular formula is C25H24O4S4. The Kier molecular flexibility index (Phi) is 6.11. The summed E-state index contributed by atoms with van der Waals surface area (Å²) in [6.45, 7) is 11.7. The molecule has 1 aromatic carbocycles. The summed E-state index contributed by atoms with van der Waals surface area (Å²) in [5.41, 5.74) is 0. The standard InChI is InChI=1S/C25H24O4S4/c1-6-27-19-14-9-12(4)30-23(14)20(28-7-2)15-10-17(32-24(15)19)22-16-11-18(25(26)29-8-3)33-21(16)13(5)31-22/h9-11H,6-8H2,1-5H3. The smallest absolute Gasteiger partial charge is 0.348 e. The normalized spacial score (nSPS) is 11.7. The second kappa shape index (κ2) is 8.91. The first-order valence-electron chi connectivity index (χ1n) is 10.9. The number of esters is 1. The number of rotatable bonds is 7. The maximum Gasteiger partial charge on any atom is 0.348 e. The molecule has 0 unspecified atom stereocenters. The van der Waals surface area contributed by atoms with Crippen LogP contribution < -0.4 is 9.47 Å². The van der Waals surface area contributed by atoms with E-state index in [1.165, 1.54) is 26.0 Å². The van der Waals surface area contributed by atoms with E-state index in [4.69, 9.17) is 14.2 Å². The van der Waals surface area contributed by atoms with Crippen molar-refractivity contribution in [3.63, 3.8) is 0 Å². The third kappa shape index (κ3) is 3.73. The van der Waals surface area contributed by atoms with Gasteiger partial charge in [-0.1, -0.05) is 0 Å². The van der Waals surface area contributed by atoms with Crippen LogP contribution >= 0.6 is 45.3 Å². The number of hydrogen-bond acceptors (Lipinski definition) is 8. The molecule has 0 radical (unpaired) electrons. The van der Waals surface area contributed by atoms with E-state index in [1.54, 1.807) is 34.0 Å². The Morgan fingerprint density at radius 2 is 1.42 bits per heavy atom. The summed E-state index contributed by atoms with van der Waals surface area (Å²) in [5.74, 6) is 1.63. The van der Waals surface area contributed by atoms with Crippen LogP contribution in [0, 0.1) is 13.8 Å². The molecular weight excluding hydrogens is 493 g/mol. The molecule has 4 aromatic heterocycles. The van der Waals surface area contributed by atoms with E-state index in [0.717, 1.165) is 46.6 Å². The molecule has 0 amide bonds. The van der Waals surface area contributed by atoms with E-state index in [-0.39, 0.29) is 5.97 Å². The van der Waals surface area contributed by atoms with Crippen molar-refractivity contribution in [1.82, 2.24) is 0 Å². The van der Waals surface area contributed by atoms with E-state index in [1.807, 2.05) is 26.8 Å². The van der Waals surface area contributed by atoms with Crippen molar-refractivity contribution in [2.75, 3.05) is 19.8 Å². The third-order valence-corrected chi connectivity index (χ3v) is 10.2. The molecule has 0 N–H and O–H groups in total. The van der Waals surface area contributed by atoms with Crippen LogP contribution in [0.1, 0.15) is 40.2 Å². The van der Waals surface area contributed by atoms with Crippen LogP contribution in [-0.4, -0.2) is 25.8 Å². The van der Waals surface area contributed by atoms with Crippen LogP contribution in [-0.2, 0) is 4.74 Å². The average Bonchev–Trinajstić information content (AvgIpc) is 3.54. The van der Waals surface area contributed by atoms with Gasteiger partial charge in [0.2, 0.25) is 0 Å². The molecule has 0 atom stereocenters. The van der Waals surface area contributed by atoms with Crippen molar-refractivity contribution in [2.45, 2.75) is 34.6 Å². The molecule has 0 saturated carbocycles. The van der Waals surface area contributed by atoms with Gasteiger partial charge in [0.25, 0.3) is 0 Å². The number of benzene rings is 1. The van der Waals surface area contributed by atoms with Gasteiger partial charge in [-0.3, -0.25) is 0 Å². The van der Waals surface area contributed by atoms with Gasteiger partial charge in [-0.05, 0) is 52.8 Å². The molecule has 0 fully saturated rings. The Labute approximate surface area is 208 Å². The molecule has 0 aliphatic carbocycles. The van der Waals surface area contributed by atoms with Gasteiger partial charge in [0, 0.05) is 35.5 Å². The zero-order valence-electron chi connectivity index (χ0n) is 19.1. The van der Waals surface area contributed by atoms with Crippen LogP contribution in [0.4, 0.5) is 0 Å². The van der Waals surface area contributed by atoms with E-state index in [0.29, 0.717) is 24.7 Å². The Balaban J connectivity index is 1.76. The Hall–Kier alpha value is -2.13. The first-order valence-corrected chi connectivity index (χ1v) is 14.2. The van der Waals surface area contributed by atoms with Crippen molar-refractivity contribution in [3.05, 3.63) is 32.8 Å². The van der Waals surface area contributed by atoms with Gasteiger partial charge in [-0.15, -0.1) is 45.3 Å². The maximum absolute atomic E-state index is 12.3. The largest absolute Gasteiger partial charge is 0.492 e. The summed E-state index contributed by atoms with van der Waals surface area (Å²) in [6.07, 6.45) is 0. The van der Waals surface area contributed by atoms with Gasteiger partial charge in [-0.2, -0.15) is 0 Å². The molecule has 172 valence electrons. The summed E-state index contributed by atoms with van der Waals surface area (Å²) in [6, 6.07) is 6.41. The van der Waals surface area contributed by atoms with Crippen LogP contribution in [0.3, 0.4) is 0 Å². The quantitative estimate of drug-likeness (QED) is 0.203. The molecule has 4 heterocycles. The highest BCUT2D eigenvalue weighted by Crippen LogP contribution is 2.53. The van der Waals surface area contributed by atoms with Gasteiger partial charge in [0.1, 0.15) is 16.4 Å². The molecule has 5 rings (SSSR count). The number of hydrogen-bond donors (Lipinski definition) is 0. The van der Waals surface area contributed by atoms with Crippen molar-refractivity contribution in [3.8, 4) is 21.3 Å². The van der Waals surface area contributed by atoms with Gasteiger partial charge in [0.05, 0.1) is 34.1 Å². The Morgan fingerprint density at radius 1 is 0.758 bits per heavy atom. The molecule has 0 aliphatic rings. The SMILES string of the molecule is CCOC(=O)c1cc2c(-c3cc4c(OCC)c5sc(C)cc5c(OCC)c4s3)sc(C)c2s1. The fourth-order valence-electron chi connectivity index (χ4n) is 4.07. The topological polar surface area (TPSA) is 44.8 Å². The number of fused-ring (bicyclic) bond motifs is 3. The van der Waals surface area contributed by atoms with Gasteiger partial charge in [-0.25, -0.2) is 4.79 Å². The molecule has 0 bridgehead atoms. The second-order valence-electron chi connectivity index (χ2n) is 7.54. The highest BCUT2D eigenvalue weighted by Gasteiger charge is 2.24. The lowest BCUT2D eigenvalue weighted by atomic mass is 10.1. The minimum Gasteiger partial charge on any atom is -0.492 e. The highest BCUT2D eigenvalue weighted by atomic mass is 32.1. The van der Waals surface area contributed by atoms with Crippen LogP contribution in [0.5, 0.6) is 11.5 Å². The summed E-state index contributed by atoms with van der Waals surface area (Å²) < 4.78 is 21.0. The minimum absolute atomic E-state index is 0.252. The van der Waals surface area contributed by atoms with E-state index in [2.05, 4.69) is 26.0 Å². The summed E-state index contributed by atoms with van der Waals surface area (Å²) >= 11 is 6.77. The zero-order valence-corrected chi connectivity index (χ0v) is 22.4. The van der Waals surface area contributed by atoms with Gasteiger partial charge < -0.3 is 14.2 Å². The predicted molar refractivity (Wildman–Crippen MR) is 144 cm³/mol. The average molecular weight is 517 g/mol. The zero-order chi connectivity index (χ0) is 23.3. The molecule has 4 nitrogen and oxygen atoms in total. The highest BCUT2D eigenvalue weighted by molar-refractivity contribution is 7.30. The lowest BCUT2D eigenvalue weighted by Crippen LogP contribution is -2.01. The minimum atomic E-state index is -0.252. The van der Waals surface area contributed by atoms with E-state index < -0.39 is 0 Å². The summed E-state index contributed by atoms with van der Waals surface area (Å²) in [5, 5.41) is 3.33. The Bertz CT molecular complexity index is 1440. The molecule has 5 aromatic rings. The van der Waals surface area contributed by atoms with E-state index in [9.17, 15) is 4.79 Å². The van der Waals surface area contributed by atoms with Crippen molar-refractivity contribution < 1.29 is 19.0 Å². The molecule has 33 heavy (non-hydrogen) atoms. The molecule has 8 heteroatoms. The van der Waals surface area contributed by atoms with Crippen LogP contribution in [0.15, 0.2) is 18.2 Å². The predicted octanol–water partition coefficient (Wildman–Crippen LogP) is 8.65. The summed E-state index contributed by atoms with van der Waals surface area (Å²) in [4.78, 5) is 17.8. The Morgan fingerprint density at radius 3 is 2.09 bits per heavy atom. The number of ether oxygens (including phenoxy) is 3. The van der Waals surface area contributed by atoms with Gasteiger partial charge >= 0.3 is 5.97 Å². The molecule has 0 saturated heterocycles. The first kappa shape index (κ1) is 22.7. The van der Waals surface area contributed by atoms with Crippen LogP contribution in [0.25, 0.3) is 40.0 Å². The first-order chi connectivity index (χ1) is 16.0. The fourth-order valence-corrected chi connectivity index (χ4v) is 8.68. The maximum atomic E-state index is 12.3. The van der Waals surface area contributed by atoms with Crippen molar-refractivity contribution in [1.29, 1.82) is 0 Å². The molecule has 0 spiro atoms. The summed E-state index contributed by atoms with van der Waals surface area (Å²) in [7, 11) is 0. The third-order valence-electron chi connectivity index (χ3n) is 5.32. The second-order valence-corrected chi connectivity index (χ2v) is 12.1. The van der Waals surface area contributed by atoms with Crippen molar-refractivity contribution >= 4 is 81.6 Å². The van der Waals surface area contributed by atoms with E-state index >= 15 is 0 Å². The fraction of sp³-hybridized carbons (Fsp3) is 0.320. The number of aryl methyl sites for hydroxylation is 2. The van der Waals surface area contributed by atoms with Crippen molar-refractivity contribution in [2.24, 2.45) is 0 Å². The lowest BCUT2D eigenvalue weighted by molar-refractivity contribution is 0.0532. The number of thiophene rings is 4. The number of carbonyl (C=O) groups excluding carboxylic acids is 1. The van der Waals surface area contributed by atoms with Crippen LogP contribution in [0.2, 0.25) is 0 Å².